The minimum Gasteiger partial charge on any atom is -0.453 e. The summed E-state index contributed by atoms with van der Waals surface area (Å²) in [5.74, 6) is -0.523. The lowest BCUT2D eigenvalue weighted by Crippen LogP contribution is -2.26. The highest BCUT2D eigenvalue weighted by molar-refractivity contribution is 5.91. The van der Waals surface area contributed by atoms with Crippen molar-refractivity contribution in [1.82, 2.24) is 0 Å². The summed E-state index contributed by atoms with van der Waals surface area (Å²) < 4.78 is 19.5. The van der Waals surface area contributed by atoms with Gasteiger partial charge in [0.05, 0.1) is 10.8 Å². The summed E-state index contributed by atoms with van der Waals surface area (Å²) in [5, 5.41) is 0.730. The number of hydrogen-bond acceptors (Lipinski definition) is 4. The average Bonchev–Trinajstić information content (AvgIpc) is 2.95. The fourth-order valence-corrected chi connectivity index (χ4v) is 3.05. The molecule has 112 valence electrons. The fourth-order valence-electron chi connectivity index (χ4n) is 3.05. The second-order valence-electron chi connectivity index (χ2n) is 5.72. The van der Waals surface area contributed by atoms with Gasteiger partial charge in [0.25, 0.3) is 0 Å². The number of rotatable bonds is 1. The third kappa shape index (κ3) is 1.97. The molecule has 4 nitrogen and oxygen atoms in total. The number of halogens is 1. The van der Waals surface area contributed by atoms with E-state index in [4.69, 9.17) is 10.2 Å². The Bertz CT molecular complexity index is 935. The van der Waals surface area contributed by atoms with Crippen molar-refractivity contribution in [3.63, 3.8) is 0 Å². The van der Waals surface area contributed by atoms with E-state index in [1.54, 1.807) is 18.2 Å². The molecular formula is C17H15FN2O2. The highest BCUT2D eigenvalue weighted by Crippen LogP contribution is 2.26. The molecule has 0 saturated carbocycles. The van der Waals surface area contributed by atoms with Crippen molar-refractivity contribution in [2.24, 2.45) is 5.73 Å². The second-order valence-corrected chi connectivity index (χ2v) is 5.72. The van der Waals surface area contributed by atoms with Gasteiger partial charge in [0.2, 0.25) is 5.43 Å². The van der Waals surface area contributed by atoms with E-state index in [9.17, 15) is 9.18 Å². The number of hydrogen-bond donors (Lipinski definition) is 1. The van der Waals surface area contributed by atoms with Gasteiger partial charge in [-0.05, 0) is 30.7 Å². The maximum absolute atomic E-state index is 13.9. The number of para-hydroxylation sites is 1. The Morgan fingerprint density at radius 1 is 1.23 bits per heavy atom. The fraction of sp³-hybridized carbons (Fsp3) is 0.235. The van der Waals surface area contributed by atoms with Gasteiger partial charge in [-0.15, -0.1) is 0 Å². The monoisotopic (exact) mass is 298 g/mol. The van der Waals surface area contributed by atoms with Gasteiger partial charge in [-0.25, -0.2) is 4.39 Å². The third-order valence-corrected chi connectivity index (χ3v) is 4.22. The van der Waals surface area contributed by atoms with Crippen LogP contribution in [0.25, 0.3) is 21.9 Å². The van der Waals surface area contributed by atoms with E-state index in [1.807, 2.05) is 6.07 Å². The van der Waals surface area contributed by atoms with E-state index in [0.29, 0.717) is 11.0 Å². The standard InChI is InChI=1S/C17H15FN2O2/c18-14-3-1-2-13-16(21)12-5-4-11(8-15(12)22-17(13)14)20-7-6-10(19)9-20/h1-5,8,10H,6-7,9,19H2/t10-/m0/s1. The van der Waals surface area contributed by atoms with Gasteiger partial charge in [-0.1, -0.05) is 6.07 Å². The van der Waals surface area contributed by atoms with Crippen LogP contribution in [0.15, 0.2) is 45.6 Å². The predicted octanol–water partition coefficient (Wildman–Crippen LogP) is 2.62. The van der Waals surface area contributed by atoms with E-state index in [2.05, 4.69) is 4.90 Å². The van der Waals surface area contributed by atoms with Crippen molar-refractivity contribution in [1.29, 1.82) is 0 Å². The summed E-state index contributed by atoms with van der Waals surface area (Å²) >= 11 is 0. The predicted molar refractivity (Wildman–Crippen MR) is 84.8 cm³/mol. The van der Waals surface area contributed by atoms with E-state index in [0.717, 1.165) is 25.2 Å². The normalized spacial score (nSPS) is 18.5. The van der Waals surface area contributed by atoms with Crippen LogP contribution in [0.2, 0.25) is 0 Å². The first-order chi connectivity index (χ1) is 10.6. The highest BCUT2D eigenvalue weighted by atomic mass is 19.1. The molecule has 0 unspecified atom stereocenters. The summed E-state index contributed by atoms with van der Waals surface area (Å²) in [6.45, 7) is 1.65. The Kier molecular flexibility index (Phi) is 2.90. The Balaban J connectivity index is 1.94. The van der Waals surface area contributed by atoms with Crippen molar-refractivity contribution in [2.45, 2.75) is 12.5 Å². The number of nitrogens with zero attached hydrogens (tertiary/aromatic N) is 1. The van der Waals surface area contributed by atoms with Crippen molar-refractivity contribution in [3.05, 3.63) is 52.4 Å². The molecule has 4 rings (SSSR count). The molecule has 22 heavy (non-hydrogen) atoms. The van der Waals surface area contributed by atoms with Crippen LogP contribution in [0.5, 0.6) is 0 Å². The molecule has 2 heterocycles. The zero-order chi connectivity index (χ0) is 15.3. The second kappa shape index (κ2) is 4.81. The van der Waals surface area contributed by atoms with Crippen LogP contribution in [0.1, 0.15) is 6.42 Å². The molecule has 0 radical (unpaired) electrons. The largest absolute Gasteiger partial charge is 0.453 e. The summed E-state index contributed by atoms with van der Waals surface area (Å²) in [4.78, 5) is 14.6. The minimum atomic E-state index is -0.523. The highest BCUT2D eigenvalue weighted by Gasteiger charge is 2.20. The van der Waals surface area contributed by atoms with Crippen LogP contribution in [0.4, 0.5) is 10.1 Å². The van der Waals surface area contributed by atoms with E-state index < -0.39 is 5.82 Å². The molecule has 0 spiro atoms. The molecule has 1 aromatic heterocycles. The molecule has 1 saturated heterocycles. The number of nitrogens with two attached hydrogens (primary N) is 1. The van der Waals surface area contributed by atoms with Gasteiger partial charge in [0.1, 0.15) is 5.58 Å². The number of benzene rings is 2. The first kappa shape index (κ1) is 13.3. The first-order valence-corrected chi connectivity index (χ1v) is 7.29. The van der Waals surface area contributed by atoms with Gasteiger partial charge < -0.3 is 15.1 Å². The van der Waals surface area contributed by atoms with Gasteiger partial charge in [-0.3, -0.25) is 4.79 Å². The van der Waals surface area contributed by atoms with Crippen LogP contribution in [0.3, 0.4) is 0 Å². The average molecular weight is 298 g/mol. The molecule has 1 aliphatic rings. The van der Waals surface area contributed by atoms with Crippen LogP contribution >= 0.6 is 0 Å². The van der Waals surface area contributed by atoms with Gasteiger partial charge in [0.15, 0.2) is 11.4 Å². The molecule has 1 aliphatic heterocycles. The summed E-state index contributed by atoms with van der Waals surface area (Å²) in [6, 6.07) is 9.97. The Labute approximate surface area is 125 Å². The summed E-state index contributed by atoms with van der Waals surface area (Å²) in [5.41, 5.74) is 7.08. The Hall–Kier alpha value is -2.40. The summed E-state index contributed by atoms with van der Waals surface area (Å²) in [7, 11) is 0. The summed E-state index contributed by atoms with van der Waals surface area (Å²) in [6.07, 6.45) is 0.939. The van der Waals surface area contributed by atoms with Gasteiger partial charge in [-0.2, -0.15) is 0 Å². The molecule has 1 atom stereocenters. The van der Waals surface area contributed by atoms with E-state index >= 15 is 0 Å². The van der Waals surface area contributed by atoms with Gasteiger partial charge >= 0.3 is 0 Å². The SMILES string of the molecule is N[C@H]1CCN(c2ccc3c(=O)c4cccc(F)c4oc3c2)C1. The molecule has 5 heteroatoms. The van der Waals surface area contributed by atoms with Crippen LogP contribution in [-0.4, -0.2) is 19.1 Å². The number of fused-ring (bicyclic) bond motifs is 2. The molecule has 0 aliphatic carbocycles. The quantitative estimate of drug-likeness (QED) is 0.702. The lowest BCUT2D eigenvalue weighted by atomic mass is 10.1. The molecule has 2 N–H and O–H groups in total. The minimum absolute atomic E-state index is 0.00951. The zero-order valence-electron chi connectivity index (χ0n) is 11.9. The molecule has 0 amide bonds. The topological polar surface area (TPSA) is 59.5 Å². The molecular weight excluding hydrogens is 283 g/mol. The van der Waals surface area contributed by atoms with Gasteiger partial charge in [0, 0.05) is 30.9 Å². The first-order valence-electron chi connectivity index (χ1n) is 7.29. The van der Waals surface area contributed by atoms with Crippen molar-refractivity contribution >= 4 is 27.6 Å². The molecule has 2 aromatic carbocycles. The van der Waals surface area contributed by atoms with Crippen molar-refractivity contribution in [2.75, 3.05) is 18.0 Å². The lowest BCUT2D eigenvalue weighted by Gasteiger charge is -2.18. The molecule has 3 aromatic rings. The lowest BCUT2D eigenvalue weighted by molar-refractivity contribution is 0.579. The smallest absolute Gasteiger partial charge is 0.200 e. The Morgan fingerprint density at radius 2 is 2.09 bits per heavy atom. The van der Waals surface area contributed by atoms with Crippen molar-refractivity contribution in [3.8, 4) is 0 Å². The zero-order valence-corrected chi connectivity index (χ0v) is 11.9. The number of anilines is 1. The van der Waals surface area contributed by atoms with Crippen LogP contribution < -0.4 is 16.1 Å². The van der Waals surface area contributed by atoms with Crippen LogP contribution in [0, 0.1) is 5.82 Å². The van der Waals surface area contributed by atoms with E-state index in [1.165, 1.54) is 12.1 Å². The van der Waals surface area contributed by atoms with Crippen molar-refractivity contribution < 1.29 is 8.81 Å². The van der Waals surface area contributed by atoms with E-state index in [-0.39, 0.29) is 22.4 Å². The maximum Gasteiger partial charge on any atom is 0.200 e. The third-order valence-electron chi connectivity index (χ3n) is 4.22. The maximum atomic E-state index is 13.9. The molecule has 1 fully saturated rings. The Morgan fingerprint density at radius 3 is 2.86 bits per heavy atom. The van der Waals surface area contributed by atoms with Crippen LogP contribution in [-0.2, 0) is 0 Å². The molecule has 0 bridgehead atoms.